The van der Waals surface area contributed by atoms with Crippen LogP contribution in [0.3, 0.4) is 0 Å². The molecule has 0 bridgehead atoms. The standard InChI is InChI=1S/C16H14Cl2N4O2/c17-13-3-2-12(14(18)8-13)10-24-21-9-11-4-7-22(15(11)23)16-19-5-1-6-20-16/h1-3,5-6,8-9,11H,4,7,10H2. The Balaban J connectivity index is 1.55. The summed E-state index contributed by atoms with van der Waals surface area (Å²) in [5.74, 6) is -0.0140. The molecule has 1 saturated heterocycles. The highest BCUT2D eigenvalue weighted by molar-refractivity contribution is 6.35. The van der Waals surface area contributed by atoms with E-state index in [2.05, 4.69) is 15.1 Å². The average Bonchev–Trinajstić information content (AvgIpc) is 2.95. The molecular formula is C16H14Cl2N4O2. The maximum Gasteiger partial charge on any atom is 0.238 e. The Hall–Kier alpha value is -2.18. The molecule has 2 heterocycles. The predicted octanol–water partition coefficient (Wildman–Crippen LogP) is 3.34. The topological polar surface area (TPSA) is 67.7 Å². The number of benzene rings is 1. The molecule has 1 unspecified atom stereocenters. The first-order chi connectivity index (χ1) is 11.6. The van der Waals surface area contributed by atoms with Gasteiger partial charge in [0.25, 0.3) is 0 Å². The summed E-state index contributed by atoms with van der Waals surface area (Å²) in [5, 5.41) is 4.96. The maximum absolute atomic E-state index is 12.3. The summed E-state index contributed by atoms with van der Waals surface area (Å²) in [6, 6.07) is 6.85. The van der Waals surface area contributed by atoms with Crippen LogP contribution in [0.2, 0.25) is 10.0 Å². The minimum Gasteiger partial charge on any atom is -0.391 e. The first-order valence-corrected chi connectivity index (χ1v) is 8.08. The average molecular weight is 365 g/mol. The van der Waals surface area contributed by atoms with E-state index < -0.39 is 0 Å². The summed E-state index contributed by atoms with van der Waals surface area (Å²) >= 11 is 11.9. The Morgan fingerprint density at radius 2 is 2.12 bits per heavy atom. The van der Waals surface area contributed by atoms with E-state index in [1.807, 2.05) is 0 Å². The molecule has 1 fully saturated rings. The quantitative estimate of drug-likeness (QED) is 0.602. The normalized spacial score (nSPS) is 17.7. The molecule has 1 aliphatic rings. The number of hydrogen-bond donors (Lipinski definition) is 0. The van der Waals surface area contributed by atoms with Crippen molar-refractivity contribution in [2.45, 2.75) is 13.0 Å². The number of rotatable bonds is 5. The molecule has 0 spiro atoms. The predicted molar refractivity (Wildman–Crippen MR) is 92.2 cm³/mol. The molecule has 0 N–H and O–H groups in total. The van der Waals surface area contributed by atoms with Gasteiger partial charge < -0.3 is 4.84 Å². The second-order valence-electron chi connectivity index (χ2n) is 5.20. The number of anilines is 1. The second-order valence-corrected chi connectivity index (χ2v) is 6.04. The van der Waals surface area contributed by atoms with Gasteiger partial charge in [-0.05, 0) is 24.6 Å². The second kappa shape index (κ2) is 7.59. The number of nitrogens with zero attached hydrogens (tertiary/aromatic N) is 4. The van der Waals surface area contributed by atoms with Crippen LogP contribution >= 0.6 is 23.2 Å². The molecule has 1 aromatic carbocycles. The van der Waals surface area contributed by atoms with Crippen molar-refractivity contribution in [3.05, 3.63) is 52.3 Å². The minimum absolute atomic E-state index is 0.0851. The lowest BCUT2D eigenvalue weighted by molar-refractivity contribution is -0.118. The first kappa shape index (κ1) is 16.7. The first-order valence-electron chi connectivity index (χ1n) is 7.33. The molecule has 3 rings (SSSR count). The third-order valence-electron chi connectivity index (χ3n) is 3.59. The molecule has 6 nitrogen and oxygen atoms in total. The number of carbonyl (C=O) groups excluding carboxylic acids is 1. The number of oxime groups is 1. The highest BCUT2D eigenvalue weighted by Crippen LogP contribution is 2.22. The Labute approximate surface area is 149 Å². The van der Waals surface area contributed by atoms with Gasteiger partial charge in [0, 0.05) is 34.5 Å². The van der Waals surface area contributed by atoms with Crippen LogP contribution in [-0.2, 0) is 16.2 Å². The SMILES string of the molecule is O=C1C(C=NOCc2ccc(Cl)cc2Cl)CCN1c1ncccn1. The number of halogens is 2. The van der Waals surface area contributed by atoms with E-state index in [0.29, 0.717) is 29.0 Å². The van der Waals surface area contributed by atoms with Crippen molar-refractivity contribution in [2.75, 3.05) is 11.4 Å². The summed E-state index contributed by atoms with van der Waals surface area (Å²) in [6.45, 7) is 0.765. The molecule has 24 heavy (non-hydrogen) atoms. The van der Waals surface area contributed by atoms with Gasteiger partial charge in [0.1, 0.15) is 6.61 Å². The molecule has 0 aliphatic carbocycles. The zero-order chi connectivity index (χ0) is 16.9. The molecule has 1 amide bonds. The summed E-state index contributed by atoms with van der Waals surface area (Å²) < 4.78 is 0. The van der Waals surface area contributed by atoms with Crippen molar-refractivity contribution in [2.24, 2.45) is 11.1 Å². The van der Waals surface area contributed by atoms with E-state index in [9.17, 15) is 4.79 Å². The van der Waals surface area contributed by atoms with Crippen LogP contribution in [0.1, 0.15) is 12.0 Å². The van der Waals surface area contributed by atoms with Gasteiger partial charge in [-0.15, -0.1) is 0 Å². The lowest BCUT2D eigenvalue weighted by Crippen LogP contribution is -2.29. The van der Waals surface area contributed by atoms with Crippen molar-refractivity contribution in [3.8, 4) is 0 Å². The molecule has 1 aromatic heterocycles. The molecule has 2 aromatic rings. The van der Waals surface area contributed by atoms with Crippen molar-refractivity contribution in [1.82, 2.24) is 9.97 Å². The van der Waals surface area contributed by atoms with Crippen molar-refractivity contribution >= 4 is 41.3 Å². The van der Waals surface area contributed by atoms with Gasteiger partial charge >= 0.3 is 0 Å². The number of aromatic nitrogens is 2. The van der Waals surface area contributed by atoms with Gasteiger partial charge in [0.2, 0.25) is 11.9 Å². The summed E-state index contributed by atoms with van der Waals surface area (Å²) in [7, 11) is 0. The Morgan fingerprint density at radius 3 is 2.88 bits per heavy atom. The van der Waals surface area contributed by atoms with Crippen LogP contribution in [0.5, 0.6) is 0 Å². The summed E-state index contributed by atoms with van der Waals surface area (Å²) in [6.07, 6.45) is 5.37. The molecule has 8 heteroatoms. The van der Waals surface area contributed by atoms with Gasteiger partial charge in [0.15, 0.2) is 0 Å². The van der Waals surface area contributed by atoms with E-state index >= 15 is 0 Å². The fourth-order valence-electron chi connectivity index (χ4n) is 2.33. The third kappa shape index (κ3) is 3.83. The largest absolute Gasteiger partial charge is 0.391 e. The van der Waals surface area contributed by atoms with Crippen LogP contribution in [0.4, 0.5) is 5.95 Å². The van der Waals surface area contributed by atoms with Gasteiger partial charge in [-0.2, -0.15) is 0 Å². The minimum atomic E-state index is -0.338. The summed E-state index contributed by atoms with van der Waals surface area (Å²) in [5.41, 5.74) is 0.773. The monoisotopic (exact) mass is 364 g/mol. The molecule has 1 atom stereocenters. The smallest absolute Gasteiger partial charge is 0.238 e. The van der Waals surface area contributed by atoms with Gasteiger partial charge in [-0.25, -0.2) is 9.97 Å². The number of amides is 1. The van der Waals surface area contributed by atoms with Crippen LogP contribution in [-0.4, -0.2) is 28.6 Å². The van der Waals surface area contributed by atoms with E-state index in [1.54, 1.807) is 41.6 Å². The molecule has 1 aliphatic heterocycles. The van der Waals surface area contributed by atoms with Gasteiger partial charge in [-0.3, -0.25) is 9.69 Å². The van der Waals surface area contributed by atoms with Crippen molar-refractivity contribution < 1.29 is 9.63 Å². The highest BCUT2D eigenvalue weighted by Gasteiger charge is 2.32. The fourth-order valence-corrected chi connectivity index (χ4v) is 2.79. The molecule has 0 saturated carbocycles. The Morgan fingerprint density at radius 1 is 1.33 bits per heavy atom. The molecule has 124 valence electrons. The van der Waals surface area contributed by atoms with Crippen LogP contribution in [0, 0.1) is 5.92 Å². The lowest BCUT2D eigenvalue weighted by atomic mass is 10.1. The van der Waals surface area contributed by atoms with Crippen LogP contribution in [0.15, 0.2) is 41.8 Å². The zero-order valence-corrected chi connectivity index (χ0v) is 14.1. The Bertz CT molecular complexity index is 755. The van der Waals surface area contributed by atoms with Gasteiger partial charge in [0.05, 0.1) is 12.1 Å². The van der Waals surface area contributed by atoms with E-state index in [4.69, 9.17) is 28.0 Å². The molecule has 0 radical (unpaired) electrons. The van der Waals surface area contributed by atoms with Crippen molar-refractivity contribution in [3.63, 3.8) is 0 Å². The van der Waals surface area contributed by atoms with E-state index in [1.165, 1.54) is 6.21 Å². The van der Waals surface area contributed by atoms with E-state index in [0.717, 1.165) is 5.56 Å². The van der Waals surface area contributed by atoms with Crippen LogP contribution in [0.25, 0.3) is 0 Å². The zero-order valence-electron chi connectivity index (χ0n) is 12.6. The summed E-state index contributed by atoms with van der Waals surface area (Å²) in [4.78, 5) is 27.3. The number of carbonyl (C=O) groups is 1. The van der Waals surface area contributed by atoms with Crippen LogP contribution < -0.4 is 4.90 Å². The third-order valence-corrected chi connectivity index (χ3v) is 4.18. The van der Waals surface area contributed by atoms with Gasteiger partial charge in [-0.1, -0.05) is 34.4 Å². The Kier molecular flexibility index (Phi) is 5.27. The highest BCUT2D eigenvalue weighted by atomic mass is 35.5. The molecular weight excluding hydrogens is 351 g/mol. The fraction of sp³-hybridized carbons (Fsp3) is 0.250. The lowest BCUT2D eigenvalue weighted by Gasteiger charge is -2.12. The number of hydrogen-bond acceptors (Lipinski definition) is 5. The maximum atomic E-state index is 12.3. The van der Waals surface area contributed by atoms with E-state index in [-0.39, 0.29) is 18.4 Å². The van der Waals surface area contributed by atoms with Crippen molar-refractivity contribution in [1.29, 1.82) is 0 Å².